The van der Waals surface area contributed by atoms with Crippen LogP contribution in [0.1, 0.15) is 37.1 Å². The summed E-state index contributed by atoms with van der Waals surface area (Å²) in [6, 6.07) is 12.1. The first kappa shape index (κ1) is 15.3. The molecule has 1 atom stereocenters. The zero-order chi connectivity index (χ0) is 15.2. The van der Waals surface area contributed by atoms with Gasteiger partial charge in [0.2, 0.25) is 0 Å². The Kier molecular flexibility index (Phi) is 5.18. The minimum Gasteiger partial charge on any atom is -0.382 e. The van der Waals surface area contributed by atoms with Gasteiger partial charge in [0.1, 0.15) is 17.5 Å². The Balaban J connectivity index is 2.36. The first-order chi connectivity index (χ1) is 10.1. The lowest BCUT2D eigenvalue weighted by Crippen LogP contribution is -2.07. The Hall–Kier alpha value is -2.06. The molecule has 1 heterocycles. The van der Waals surface area contributed by atoms with E-state index in [1.165, 1.54) is 0 Å². The van der Waals surface area contributed by atoms with Gasteiger partial charge in [-0.05, 0) is 12.0 Å². The number of hydrogen-bond acceptors (Lipinski definition) is 5. The molecule has 1 aromatic heterocycles. The average molecular weight is 298 g/mol. The molecule has 4 nitrogen and oxygen atoms in total. The van der Waals surface area contributed by atoms with Gasteiger partial charge in [-0.1, -0.05) is 55.9 Å². The number of hydrogen-bond donors (Lipinski definition) is 1. The molecule has 0 aliphatic rings. The number of thioether (sulfide) groups is 1. The summed E-state index contributed by atoms with van der Waals surface area (Å²) in [5.41, 5.74) is 8.10. The predicted molar refractivity (Wildman–Crippen MR) is 86.0 cm³/mol. The molecule has 0 aliphatic carbocycles. The molecule has 21 heavy (non-hydrogen) atoms. The van der Waals surface area contributed by atoms with Crippen molar-refractivity contribution in [3.05, 3.63) is 47.2 Å². The highest BCUT2D eigenvalue weighted by Crippen LogP contribution is 2.25. The van der Waals surface area contributed by atoms with Crippen molar-refractivity contribution in [2.75, 3.05) is 5.73 Å². The molecule has 0 bridgehead atoms. The van der Waals surface area contributed by atoms with Gasteiger partial charge in [-0.25, -0.2) is 9.97 Å². The van der Waals surface area contributed by atoms with Crippen molar-refractivity contribution < 1.29 is 0 Å². The summed E-state index contributed by atoms with van der Waals surface area (Å²) >= 11 is 1.59. The normalized spacial score (nSPS) is 11.9. The van der Waals surface area contributed by atoms with Crippen LogP contribution in [0.25, 0.3) is 0 Å². The van der Waals surface area contributed by atoms with Crippen molar-refractivity contribution in [2.24, 2.45) is 0 Å². The summed E-state index contributed by atoms with van der Waals surface area (Å²) in [6.45, 7) is 4.24. The lowest BCUT2D eigenvalue weighted by molar-refractivity contribution is 0.867. The van der Waals surface area contributed by atoms with Gasteiger partial charge in [-0.15, -0.1) is 0 Å². The molecule has 2 rings (SSSR count). The van der Waals surface area contributed by atoms with Gasteiger partial charge in [-0.2, -0.15) is 5.26 Å². The van der Waals surface area contributed by atoms with Crippen LogP contribution in [0.3, 0.4) is 0 Å². The Morgan fingerprint density at radius 1 is 1.29 bits per heavy atom. The van der Waals surface area contributed by atoms with E-state index in [-0.39, 0.29) is 5.82 Å². The van der Waals surface area contributed by atoms with Crippen LogP contribution in [0.5, 0.6) is 0 Å². The molecule has 2 N–H and O–H groups in total. The minimum atomic E-state index is 0.268. The van der Waals surface area contributed by atoms with E-state index < -0.39 is 0 Å². The van der Waals surface area contributed by atoms with Crippen molar-refractivity contribution in [1.82, 2.24) is 9.97 Å². The van der Waals surface area contributed by atoms with E-state index in [0.717, 1.165) is 12.0 Å². The number of nitrogens with two attached hydrogens (primary N) is 1. The first-order valence-corrected chi connectivity index (χ1v) is 7.79. The van der Waals surface area contributed by atoms with E-state index in [0.29, 0.717) is 28.1 Å². The van der Waals surface area contributed by atoms with E-state index in [1.807, 2.05) is 30.3 Å². The topological polar surface area (TPSA) is 75.6 Å². The summed E-state index contributed by atoms with van der Waals surface area (Å²) in [6.07, 6.45) is 1.62. The molecule has 0 aliphatic heterocycles. The monoisotopic (exact) mass is 298 g/mol. The minimum absolute atomic E-state index is 0.268. The molecule has 0 fully saturated rings. The summed E-state index contributed by atoms with van der Waals surface area (Å²) in [5.74, 6) is 0.268. The van der Waals surface area contributed by atoms with E-state index in [9.17, 15) is 5.26 Å². The number of nitriles is 1. The molecule has 2 aromatic rings. The second kappa shape index (κ2) is 7.09. The number of anilines is 1. The van der Waals surface area contributed by atoms with E-state index in [4.69, 9.17) is 5.73 Å². The van der Waals surface area contributed by atoms with E-state index in [2.05, 4.69) is 29.9 Å². The highest BCUT2D eigenvalue weighted by molar-refractivity contribution is 7.99. The molecule has 108 valence electrons. The summed E-state index contributed by atoms with van der Waals surface area (Å²) in [4.78, 5) is 8.78. The third kappa shape index (κ3) is 3.96. The standard InChI is InChI=1S/C16H18N4S/c1-3-11(2)21-16-19-14(13(10-17)15(18)20-16)9-12-7-5-4-6-8-12/h4-8,11H,3,9H2,1-2H3,(H2,18,19,20). The molecular weight excluding hydrogens is 280 g/mol. The molecule has 0 amide bonds. The number of nitrogens with zero attached hydrogens (tertiary/aromatic N) is 3. The molecular formula is C16H18N4S. The second-order valence-electron chi connectivity index (χ2n) is 4.82. The van der Waals surface area contributed by atoms with Crippen molar-refractivity contribution >= 4 is 17.6 Å². The first-order valence-electron chi connectivity index (χ1n) is 6.91. The largest absolute Gasteiger partial charge is 0.382 e. The van der Waals surface area contributed by atoms with Gasteiger partial charge in [0.25, 0.3) is 0 Å². The second-order valence-corrected chi connectivity index (χ2v) is 6.23. The number of nitrogen functional groups attached to an aromatic ring is 1. The van der Waals surface area contributed by atoms with Crippen LogP contribution in [0.4, 0.5) is 5.82 Å². The molecule has 1 unspecified atom stereocenters. The van der Waals surface area contributed by atoms with Gasteiger partial charge in [0.15, 0.2) is 5.16 Å². The number of aromatic nitrogens is 2. The van der Waals surface area contributed by atoms with Crippen molar-refractivity contribution in [2.45, 2.75) is 37.1 Å². The fourth-order valence-corrected chi connectivity index (χ4v) is 2.70. The molecule has 0 saturated carbocycles. The van der Waals surface area contributed by atoms with Crippen LogP contribution in [-0.4, -0.2) is 15.2 Å². The molecule has 1 aromatic carbocycles. The fraction of sp³-hybridized carbons (Fsp3) is 0.312. The molecule has 5 heteroatoms. The van der Waals surface area contributed by atoms with Gasteiger partial charge >= 0.3 is 0 Å². The van der Waals surface area contributed by atoms with Crippen molar-refractivity contribution in [3.8, 4) is 6.07 Å². The lowest BCUT2D eigenvalue weighted by Gasteiger charge is -2.11. The maximum absolute atomic E-state index is 9.28. The molecule has 0 spiro atoms. The van der Waals surface area contributed by atoms with Crippen molar-refractivity contribution in [3.63, 3.8) is 0 Å². The van der Waals surface area contributed by atoms with E-state index in [1.54, 1.807) is 11.8 Å². The Morgan fingerprint density at radius 3 is 2.62 bits per heavy atom. The number of rotatable bonds is 5. The summed E-state index contributed by atoms with van der Waals surface area (Å²) in [7, 11) is 0. The van der Waals surface area contributed by atoms with Gasteiger partial charge in [0.05, 0.1) is 5.69 Å². The fourth-order valence-electron chi connectivity index (χ4n) is 1.86. The zero-order valence-corrected chi connectivity index (χ0v) is 13.0. The van der Waals surface area contributed by atoms with Crippen LogP contribution < -0.4 is 5.73 Å². The van der Waals surface area contributed by atoms with Crippen LogP contribution in [0.2, 0.25) is 0 Å². The van der Waals surface area contributed by atoms with Crippen LogP contribution in [0.15, 0.2) is 35.5 Å². The average Bonchev–Trinajstić information content (AvgIpc) is 2.48. The zero-order valence-electron chi connectivity index (χ0n) is 12.2. The van der Waals surface area contributed by atoms with Gasteiger partial charge < -0.3 is 5.73 Å². The SMILES string of the molecule is CCC(C)Sc1nc(N)c(C#N)c(Cc2ccccc2)n1. The highest BCUT2D eigenvalue weighted by Gasteiger charge is 2.14. The summed E-state index contributed by atoms with van der Waals surface area (Å²) < 4.78 is 0. The Labute approximate surface area is 129 Å². The van der Waals surface area contributed by atoms with Gasteiger partial charge in [0, 0.05) is 11.7 Å². The molecule has 0 saturated heterocycles. The van der Waals surface area contributed by atoms with Gasteiger partial charge in [-0.3, -0.25) is 0 Å². The molecule has 0 radical (unpaired) electrons. The summed E-state index contributed by atoms with van der Waals surface area (Å²) in [5, 5.41) is 10.3. The van der Waals surface area contributed by atoms with Crippen LogP contribution >= 0.6 is 11.8 Å². The predicted octanol–water partition coefficient (Wildman–Crippen LogP) is 3.41. The van der Waals surface area contributed by atoms with Crippen molar-refractivity contribution in [1.29, 1.82) is 5.26 Å². The quantitative estimate of drug-likeness (QED) is 0.676. The third-order valence-corrected chi connectivity index (χ3v) is 4.33. The van der Waals surface area contributed by atoms with Crippen LogP contribution in [0, 0.1) is 11.3 Å². The Morgan fingerprint density at radius 2 is 2.00 bits per heavy atom. The van der Waals surface area contributed by atoms with E-state index >= 15 is 0 Å². The lowest BCUT2D eigenvalue weighted by atomic mass is 10.1. The Bertz CT molecular complexity index is 649. The smallest absolute Gasteiger partial charge is 0.190 e. The highest BCUT2D eigenvalue weighted by atomic mass is 32.2. The third-order valence-electron chi connectivity index (χ3n) is 3.20. The maximum Gasteiger partial charge on any atom is 0.190 e. The number of benzene rings is 1. The van der Waals surface area contributed by atoms with Crippen LogP contribution in [-0.2, 0) is 6.42 Å². The maximum atomic E-state index is 9.28.